The van der Waals surface area contributed by atoms with Crippen molar-refractivity contribution < 1.29 is 0 Å². The lowest BCUT2D eigenvalue weighted by molar-refractivity contribution is 0.893. The molecule has 0 amide bonds. The molecule has 1 aromatic carbocycles. The molecule has 0 aliphatic heterocycles. The van der Waals surface area contributed by atoms with E-state index in [1.54, 1.807) is 6.20 Å². The third-order valence-electron chi connectivity index (χ3n) is 3.34. The topological polar surface area (TPSA) is 45.5 Å². The van der Waals surface area contributed by atoms with Crippen LogP contribution in [-0.4, -0.2) is 28.5 Å². The zero-order chi connectivity index (χ0) is 14.8. The highest BCUT2D eigenvalue weighted by Crippen LogP contribution is 2.23. The van der Waals surface area contributed by atoms with Crippen molar-refractivity contribution in [2.75, 3.05) is 24.3 Å². The van der Waals surface area contributed by atoms with Crippen LogP contribution in [0.2, 0.25) is 5.02 Å². The molecule has 0 aliphatic rings. The molecule has 0 radical (unpaired) electrons. The van der Waals surface area contributed by atoms with E-state index in [4.69, 9.17) is 11.6 Å². The number of nitrogens with zero attached hydrogens (tertiary/aromatic N) is 4. The molecule has 3 rings (SSSR count). The number of imidazole rings is 1. The first kappa shape index (κ1) is 13.7. The van der Waals surface area contributed by atoms with E-state index < -0.39 is 0 Å². The van der Waals surface area contributed by atoms with Crippen LogP contribution < -0.4 is 10.2 Å². The first-order valence-corrected chi connectivity index (χ1v) is 7.03. The molecule has 108 valence electrons. The summed E-state index contributed by atoms with van der Waals surface area (Å²) in [6, 6.07) is 7.83. The van der Waals surface area contributed by atoms with Crippen LogP contribution in [0.5, 0.6) is 0 Å². The van der Waals surface area contributed by atoms with Crippen molar-refractivity contribution in [1.82, 2.24) is 14.4 Å². The Hall–Kier alpha value is -2.27. The molecule has 0 saturated carbocycles. The predicted molar refractivity (Wildman–Crippen MR) is 86.1 cm³/mol. The van der Waals surface area contributed by atoms with Crippen LogP contribution in [0.1, 0.15) is 5.56 Å². The largest absolute Gasteiger partial charge is 0.372 e. The van der Waals surface area contributed by atoms with Gasteiger partial charge in [-0.25, -0.2) is 9.97 Å². The maximum atomic E-state index is 6.23. The molecule has 3 aromatic rings. The fourth-order valence-electron chi connectivity index (χ4n) is 2.25. The Balaban J connectivity index is 1.99. The number of aromatic nitrogens is 3. The first-order chi connectivity index (χ1) is 10.2. The highest BCUT2D eigenvalue weighted by molar-refractivity contribution is 6.31. The lowest BCUT2D eigenvalue weighted by Crippen LogP contribution is -2.19. The SMILES string of the molecule is CNc1cn2ccnc2c(N(C)Cc2ccccc2Cl)n1. The van der Waals surface area contributed by atoms with E-state index in [1.165, 1.54) is 0 Å². The van der Waals surface area contributed by atoms with Crippen LogP contribution in [0.3, 0.4) is 0 Å². The number of hydrogen-bond donors (Lipinski definition) is 1. The zero-order valence-corrected chi connectivity index (χ0v) is 12.7. The molecule has 21 heavy (non-hydrogen) atoms. The van der Waals surface area contributed by atoms with Gasteiger partial charge in [0.2, 0.25) is 0 Å². The Kier molecular flexibility index (Phi) is 3.66. The van der Waals surface area contributed by atoms with Crippen LogP contribution in [0, 0.1) is 0 Å². The minimum atomic E-state index is 0.669. The number of benzene rings is 1. The first-order valence-electron chi connectivity index (χ1n) is 6.65. The number of rotatable bonds is 4. The Labute approximate surface area is 128 Å². The molecule has 0 fully saturated rings. The Bertz CT molecular complexity index is 768. The van der Waals surface area contributed by atoms with Gasteiger partial charge in [0.1, 0.15) is 5.82 Å². The van der Waals surface area contributed by atoms with E-state index in [0.717, 1.165) is 27.9 Å². The average molecular weight is 302 g/mol. The van der Waals surface area contributed by atoms with Crippen LogP contribution in [-0.2, 0) is 6.54 Å². The summed E-state index contributed by atoms with van der Waals surface area (Å²) < 4.78 is 1.96. The monoisotopic (exact) mass is 301 g/mol. The lowest BCUT2D eigenvalue weighted by Gasteiger charge is -2.20. The molecule has 0 saturated heterocycles. The molecule has 1 N–H and O–H groups in total. The van der Waals surface area contributed by atoms with Gasteiger partial charge in [-0.05, 0) is 11.6 Å². The second-order valence-corrected chi connectivity index (χ2v) is 5.21. The van der Waals surface area contributed by atoms with Gasteiger partial charge in [0.15, 0.2) is 11.5 Å². The lowest BCUT2D eigenvalue weighted by atomic mass is 10.2. The smallest absolute Gasteiger partial charge is 0.180 e. The molecule has 2 aromatic heterocycles. The third kappa shape index (κ3) is 2.64. The zero-order valence-electron chi connectivity index (χ0n) is 11.9. The minimum Gasteiger partial charge on any atom is -0.372 e. The quantitative estimate of drug-likeness (QED) is 0.804. The Morgan fingerprint density at radius 1 is 1.33 bits per heavy atom. The summed E-state index contributed by atoms with van der Waals surface area (Å²) in [6.07, 6.45) is 5.59. The van der Waals surface area contributed by atoms with Crippen molar-refractivity contribution in [3.05, 3.63) is 53.4 Å². The summed E-state index contributed by atoms with van der Waals surface area (Å²) in [5.74, 6) is 1.60. The van der Waals surface area contributed by atoms with Gasteiger partial charge in [-0.3, -0.25) is 0 Å². The molecule has 0 atom stereocenters. The number of fused-ring (bicyclic) bond motifs is 1. The highest BCUT2D eigenvalue weighted by Gasteiger charge is 2.13. The van der Waals surface area contributed by atoms with Crippen LogP contribution in [0.25, 0.3) is 5.65 Å². The standard InChI is InChI=1S/C15H16ClN5/c1-17-13-10-21-8-7-18-14(21)15(19-13)20(2)9-11-5-3-4-6-12(11)16/h3-8,10,17H,9H2,1-2H3. The van der Waals surface area contributed by atoms with Crippen molar-refractivity contribution in [3.63, 3.8) is 0 Å². The van der Waals surface area contributed by atoms with E-state index in [0.29, 0.717) is 6.54 Å². The second-order valence-electron chi connectivity index (χ2n) is 4.81. The average Bonchev–Trinajstić information content (AvgIpc) is 2.96. The maximum absolute atomic E-state index is 6.23. The van der Waals surface area contributed by atoms with Crippen LogP contribution in [0.4, 0.5) is 11.6 Å². The molecule has 5 nitrogen and oxygen atoms in total. The number of halogens is 1. The number of anilines is 2. The van der Waals surface area contributed by atoms with Gasteiger partial charge in [-0.15, -0.1) is 0 Å². The summed E-state index contributed by atoms with van der Waals surface area (Å²) in [7, 11) is 3.84. The van der Waals surface area contributed by atoms with Gasteiger partial charge >= 0.3 is 0 Å². The fraction of sp³-hybridized carbons (Fsp3) is 0.200. The number of nitrogens with one attached hydrogen (secondary N) is 1. The molecule has 6 heteroatoms. The van der Waals surface area contributed by atoms with E-state index in [1.807, 2.05) is 60.1 Å². The van der Waals surface area contributed by atoms with E-state index >= 15 is 0 Å². The molecule has 0 unspecified atom stereocenters. The summed E-state index contributed by atoms with van der Waals surface area (Å²) in [6.45, 7) is 0.669. The van der Waals surface area contributed by atoms with Gasteiger partial charge in [-0.2, -0.15) is 0 Å². The summed E-state index contributed by atoms with van der Waals surface area (Å²) >= 11 is 6.23. The molecule has 0 aliphatic carbocycles. The summed E-state index contributed by atoms with van der Waals surface area (Å²) in [5, 5.41) is 3.82. The molecule has 0 bridgehead atoms. The third-order valence-corrected chi connectivity index (χ3v) is 3.71. The van der Waals surface area contributed by atoms with Gasteiger partial charge in [-0.1, -0.05) is 29.8 Å². The van der Waals surface area contributed by atoms with Crippen molar-refractivity contribution in [2.24, 2.45) is 0 Å². The predicted octanol–water partition coefficient (Wildman–Crippen LogP) is 3.06. The molecule has 2 heterocycles. The van der Waals surface area contributed by atoms with Crippen molar-refractivity contribution in [2.45, 2.75) is 6.54 Å². The van der Waals surface area contributed by atoms with Crippen LogP contribution >= 0.6 is 11.6 Å². The van der Waals surface area contributed by atoms with Crippen molar-refractivity contribution in [3.8, 4) is 0 Å². The highest BCUT2D eigenvalue weighted by atomic mass is 35.5. The normalized spacial score (nSPS) is 10.8. The van der Waals surface area contributed by atoms with Gasteiger partial charge in [0.25, 0.3) is 0 Å². The Morgan fingerprint density at radius 3 is 2.90 bits per heavy atom. The van der Waals surface area contributed by atoms with Crippen molar-refractivity contribution in [1.29, 1.82) is 0 Å². The summed E-state index contributed by atoms with van der Waals surface area (Å²) in [5.41, 5.74) is 1.88. The van der Waals surface area contributed by atoms with Gasteiger partial charge in [0.05, 0.1) is 6.20 Å². The van der Waals surface area contributed by atoms with E-state index in [2.05, 4.69) is 15.3 Å². The molecular weight excluding hydrogens is 286 g/mol. The summed E-state index contributed by atoms with van der Waals surface area (Å²) in [4.78, 5) is 11.0. The van der Waals surface area contributed by atoms with E-state index in [9.17, 15) is 0 Å². The molecule has 0 spiro atoms. The van der Waals surface area contributed by atoms with Gasteiger partial charge in [0, 0.05) is 38.1 Å². The Morgan fingerprint density at radius 2 is 2.14 bits per heavy atom. The maximum Gasteiger partial charge on any atom is 0.180 e. The molecular formula is C15H16ClN5. The van der Waals surface area contributed by atoms with Crippen molar-refractivity contribution >= 4 is 28.9 Å². The minimum absolute atomic E-state index is 0.669. The second kappa shape index (κ2) is 5.61. The number of hydrogen-bond acceptors (Lipinski definition) is 4. The van der Waals surface area contributed by atoms with E-state index in [-0.39, 0.29) is 0 Å². The van der Waals surface area contributed by atoms with Crippen LogP contribution in [0.15, 0.2) is 42.9 Å². The van der Waals surface area contributed by atoms with Gasteiger partial charge < -0.3 is 14.6 Å². The fourth-order valence-corrected chi connectivity index (χ4v) is 2.44.